The molecule has 2 aromatic rings. The van der Waals surface area contributed by atoms with Crippen LogP contribution in [0.3, 0.4) is 0 Å². The second-order valence-electron chi connectivity index (χ2n) is 5.59. The summed E-state index contributed by atoms with van der Waals surface area (Å²) in [4.78, 5) is 0. The molecule has 0 aliphatic carbocycles. The van der Waals surface area contributed by atoms with Crippen LogP contribution in [0, 0.1) is 0 Å². The maximum Gasteiger partial charge on any atom is 0.172 e. The minimum atomic E-state index is 0. The zero-order valence-electron chi connectivity index (χ0n) is 11.7. The molecule has 6 heteroatoms. The lowest BCUT2D eigenvalue weighted by Gasteiger charge is -2.23. The molecule has 0 aromatic carbocycles. The van der Waals surface area contributed by atoms with Gasteiger partial charge in [0.1, 0.15) is 5.69 Å². The van der Waals surface area contributed by atoms with E-state index in [0.29, 0.717) is 0 Å². The summed E-state index contributed by atoms with van der Waals surface area (Å²) in [7, 11) is 6.58. The molecule has 19 heavy (non-hydrogen) atoms. The molecule has 0 unspecified atom stereocenters. The minimum absolute atomic E-state index is 0. The molecule has 0 spiro atoms. The Kier molecular flexibility index (Phi) is 5.03. The van der Waals surface area contributed by atoms with Crippen LogP contribution in [0.25, 0.3) is 5.52 Å². The van der Waals surface area contributed by atoms with E-state index in [4.69, 9.17) is 5.73 Å². The molecule has 0 bridgehead atoms. The predicted octanol–water partition coefficient (Wildman–Crippen LogP) is -1.57. The van der Waals surface area contributed by atoms with Crippen molar-refractivity contribution in [2.45, 2.75) is 6.42 Å². The van der Waals surface area contributed by atoms with E-state index in [1.54, 1.807) is 4.52 Å². The summed E-state index contributed by atoms with van der Waals surface area (Å²) in [5.41, 5.74) is 7.73. The fourth-order valence-electron chi connectivity index (χ4n) is 1.91. The molecule has 2 heterocycles. The molecule has 0 saturated heterocycles. The van der Waals surface area contributed by atoms with Gasteiger partial charge in [-0.2, -0.15) is 0 Å². The molecule has 2 rings (SSSR count). The number of aromatic nitrogens is 2. The second-order valence-corrected chi connectivity index (χ2v) is 5.59. The minimum Gasteiger partial charge on any atom is -1.00 e. The maximum atomic E-state index is 6.06. The highest BCUT2D eigenvalue weighted by molar-refractivity contribution is 5.80. The van der Waals surface area contributed by atoms with Gasteiger partial charge in [0, 0.05) is 19.2 Å². The van der Waals surface area contributed by atoms with Gasteiger partial charge in [0.25, 0.3) is 0 Å². The highest BCUT2D eigenvalue weighted by Crippen LogP contribution is 2.22. The molecular weight excluding hydrogens is 262 g/mol. The summed E-state index contributed by atoms with van der Waals surface area (Å²) in [6, 6.07) is 5.88. The first-order chi connectivity index (χ1) is 8.47. The van der Waals surface area contributed by atoms with Crippen molar-refractivity contribution in [3.05, 3.63) is 24.4 Å². The smallest absolute Gasteiger partial charge is 0.172 e. The summed E-state index contributed by atoms with van der Waals surface area (Å²) in [5, 5.41) is 7.73. The van der Waals surface area contributed by atoms with Gasteiger partial charge in [-0.3, -0.25) is 0 Å². The van der Waals surface area contributed by atoms with Crippen LogP contribution in [-0.2, 0) is 0 Å². The van der Waals surface area contributed by atoms with E-state index in [9.17, 15) is 0 Å². The Bertz CT molecular complexity index is 529. The van der Waals surface area contributed by atoms with Crippen LogP contribution in [0.5, 0.6) is 0 Å². The third-order valence-electron chi connectivity index (χ3n) is 2.88. The van der Waals surface area contributed by atoms with Crippen LogP contribution >= 0.6 is 0 Å². The summed E-state index contributed by atoms with van der Waals surface area (Å²) in [6.45, 7) is 2.02. The van der Waals surface area contributed by atoms with Crippen LogP contribution in [0.15, 0.2) is 24.4 Å². The van der Waals surface area contributed by atoms with Crippen LogP contribution in [0.1, 0.15) is 6.42 Å². The zero-order chi connectivity index (χ0) is 13.2. The highest BCUT2D eigenvalue weighted by Gasteiger charge is 2.09. The number of nitrogens with zero attached hydrogens (tertiary/aromatic N) is 3. The van der Waals surface area contributed by atoms with E-state index in [2.05, 4.69) is 31.6 Å². The van der Waals surface area contributed by atoms with E-state index >= 15 is 0 Å². The number of nitrogen functional groups attached to an aromatic ring is 1. The standard InChI is InChI=1S/C13H22N5.ClH/c1-18(2,3)10-6-8-15-13-12(14)11-7-4-5-9-17(11)16-13;/h4-5,7,9H,6,8,10,14H2,1-3H3,(H,15,16);1H/q+1;/p-1. The molecule has 5 nitrogen and oxygen atoms in total. The van der Waals surface area contributed by atoms with Crippen molar-refractivity contribution >= 4 is 17.0 Å². The number of quaternary nitrogens is 1. The second kappa shape index (κ2) is 6.12. The normalized spacial score (nSPS) is 11.3. The molecule has 0 radical (unpaired) electrons. The van der Waals surface area contributed by atoms with Gasteiger partial charge in [0.15, 0.2) is 5.82 Å². The van der Waals surface area contributed by atoms with Crippen LogP contribution in [-0.4, -0.2) is 48.3 Å². The first-order valence-corrected chi connectivity index (χ1v) is 6.24. The largest absolute Gasteiger partial charge is 1.00 e. The number of anilines is 2. The third-order valence-corrected chi connectivity index (χ3v) is 2.88. The Balaban J connectivity index is 0.00000180. The number of hydrogen-bond donors (Lipinski definition) is 2. The average molecular weight is 284 g/mol. The predicted molar refractivity (Wildman–Crippen MR) is 75.6 cm³/mol. The van der Waals surface area contributed by atoms with Crippen molar-refractivity contribution in [3.8, 4) is 0 Å². The lowest BCUT2D eigenvalue weighted by atomic mass is 10.3. The summed E-state index contributed by atoms with van der Waals surface area (Å²) < 4.78 is 2.78. The SMILES string of the molecule is C[N+](C)(C)CCCNc1nn2ccccc2c1N.[Cl-]. The third kappa shape index (κ3) is 4.01. The Morgan fingerprint density at radius 3 is 2.68 bits per heavy atom. The van der Waals surface area contributed by atoms with Gasteiger partial charge < -0.3 is 27.9 Å². The van der Waals surface area contributed by atoms with Crippen LogP contribution in [0.2, 0.25) is 0 Å². The number of nitrogens with two attached hydrogens (primary N) is 1. The molecule has 0 aliphatic rings. The summed E-state index contributed by atoms with van der Waals surface area (Å²) in [6.07, 6.45) is 3.00. The number of fused-ring (bicyclic) bond motifs is 1. The van der Waals surface area contributed by atoms with E-state index in [-0.39, 0.29) is 12.4 Å². The number of rotatable bonds is 5. The lowest BCUT2D eigenvalue weighted by Crippen LogP contribution is -3.00. The maximum absolute atomic E-state index is 6.06. The van der Waals surface area contributed by atoms with Crippen molar-refractivity contribution < 1.29 is 16.9 Å². The van der Waals surface area contributed by atoms with Gasteiger partial charge in [-0.05, 0) is 12.1 Å². The first-order valence-electron chi connectivity index (χ1n) is 6.24. The van der Waals surface area contributed by atoms with Crippen molar-refractivity contribution in [1.29, 1.82) is 0 Å². The van der Waals surface area contributed by atoms with Gasteiger partial charge in [-0.25, -0.2) is 4.52 Å². The van der Waals surface area contributed by atoms with Crippen LogP contribution in [0.4, 0.5) is 11.5 Å². The Hall–Kier alpha value is -1.46. The van der Waals surface area contributed by atoms with Gasteiger partial charge in [0.05, 0.1) is 33.2 Å². The topological polar surface area (TPSA) is 55.4 Å². The molecule has 106 valence electrons. The zero-order valence-corrected chi connectivity index (χ0v) is 12.5. The van der Waals surface area contributed by atoms with Crippen molar-refractivity contribution in [2.24, 2.45) is 0 Å². The molecule has 3 N–H and O–H groups in total. The molecule has 0 saturated carbocycles. The number of nitrogens with one attached hydrogen (secondary N) is 1. The Morgan fingerprint density at radius 2 is 2.05 bits per heavy atom. The van der Waals surface area contributed by atoms with Gasteiger partial charge >= 0.3 is 0 Å². The highest BCUT2D eigenvalue weighted by atomic mass is 35.5. The number of halogens is 1. The van der Waals surface area contributed by atoms with Gasteiger partial charge in [-0.1, -0.05) is 6.07 Å². The molecule has 0 amide bonds. The van der Waals surface area contributed by atoms with Crippen molar-refractivity contribution in [3.63, 3.8) is 0 Å². The van der Waals surface area contributed by atoms with E-state index in [0.717, 1.165) is 41.0 Å². The summed E-state index contributed by atoms with van der Waals surface area (Å²) in [5.74, 6) is 0.780. The number of pyridine rings is 1. The molecule has 0 aliphatic heterocycles. The van der Waals surface area contributed by atoms with Gasteiger partial charge in [-0.15, -0.1) is 5.10 Å². The van der Waals surface area contributed by atoms with Gasteiger partial charge in [0.2, 0.25) is 0 Å². The summed E-state index contributed by atoms with van der Waals surface area (Å²) >= 11 is 0. The first kappa shape index (κ1) is 15.6. The lowest BCUT2D eigenvalue weighted by molar-refractivity contribution is -0.870. The fourth-order valence-corrected chi connectivity index (χ4v) is 1.91. The average Bonchev–Trinajstić information content (AvgIpc) is 2.62. The van der Waals surface area contributed by atoms with E-state index in [1.807, 2.05) is 24.4 Å². The number of hydrogen-bond acceptors (Lipinski definition) is 3. The fraction of sp³-hybridized carbons (Fsp3) is 0.462. The monoisotopic (exact) mass is 283 g/mol. The molecule has 0 fully saturated rings. The van der Waals surface area contributed by atoms with Crippen LogP contribution < -0.4 is 23.5 Å². The van der Waals surface area contributed by atoms with Crippen molar-refractivity contribution in [1.82, 2.24) is 9.61 Å². The van der Waals surface area contributed by atoms with E-state index < -0.39 is 0 Å². The molecule has 0 atom stereocenters. The quantitative estimate of drug-likeness (QED) is 0.515. The Labute approximate surface area is 120 Å². The molecular formula is C13H22ClN5. The molecule has 2 aromatic heterocycles. The van der Waals surface area contributed by atoms with E-state index in [1.165, 1.54) is 0 Å². The Morgan fingerprint density at radius 1 is 1.32 bits per heavy atom. The van der Waals surface area contributed by atoms with Crippen molar-refractivity contribution in [2.75, 3.05) is 45.3 Å².